The average Bonchev–Trinajstić information content (AvgIpc) is 2.95. The van der Waals surface area contributed by atoms with Gasteiger partial charge in [0.05, 0.1) is 11.5 Å². The maximum Gasteiger partial charge on any atom is 0.241 e. The number of hydrogen-bond donors (Lipinski definition) is 2. The van der Waals surface area contributed by atoms with Crippen molar-refractivity contribution in [2.45, 2.75) is 25.0 Å². The van der Waals surface area contributed by atoms with Crippen LogP contribution >= 0.6 is 22.7 Å². The summed E-state index contributed by atoms with van der Waals surface area (Å²) in [5.74, 6) is 0. The van der Waals surface area contributed by atoms with Gasteiger partial charge in [-0.25, -0.2) is 13.1 Å². The number of nitrogens with one attached hydrogen (secondary N) is 1. The molecule has 0 aliphatic heterocycles. The normalized spacial score (nSPS) is 11.9. The fourth-order valence-corrected chi connectivity index (χ4v) is 4.48. The smallest absolute Gasteiger partial charge is 0.241 e. The van der Waals surface area contributed by atoms with Crippen molar-refractivity contribution >= 4 is 32.7 Å². The molecule has 0 amide bonds. The first-order valence-corrected chi connectivity index (χ1v) is 8.48. The van der Waals surface area contributed by atoms with Crippen molar-refractivity contribution in [2.75, 3.05) is 0 Å². The lowest BCUT2D eigenvalue weighted by Crippen LogP contribution is -2.22. The van der Waals surface area contributed by atoms with Crippen LogP contribution in [0.5, 0.6) is 0 Å². The molecular weight excluding hydrogens is 290 g/mol. The Bertz CT molecular complexity index is 628. The van der Waals surface area contributed by atoms with Crippen LogP contribution in [0.1, 0.15) is 15.3 Å². The zero-order valence-corrected chi connectivity index (χ0v) is 12.2. The molecule has 0 spiro atoms. The Morgan fingerprint density at radius 1 is 1.39 bits per heavy atom. The summed E-state index contributed by atoms with van der Waals surface area (Å²) in [6.07, 6.45) is 0. The van der Waals surface area contributed by atoms with Gasteiger partial charge in [-0.15, -0.1) is 22.7 Å². The Kier molecular flexibility index (Phi) is 4.18. The second kappa shape index (κ2) is 5.50. The molecule has 0 radical (unpaired) electrons. The zero-order valence-electron chi connectivity index (χ0n) is 9.71. The van der Waals surface area contributed by atoms with Gasteiger partial charge < -0.3 is 5.11 Å². The van der Waals surface area contributed by atoms with Gasteiger partial charge in [-0.3, -0.25) is 0 Å². The minimum atomic E-state index is -3.49. The van der Waals surface area contributed by atoms with Crippen molar-refractivity contribution in [1.82, 2.24) is 4.72 Å². The van der Waals surface area contributed by atoms with Gasteiger partial charge in [-0.1, -0.05) is 0 Å². The van der Waals surface area contributed by atoms with Crippen LogP contribution in [0.15, 0.2) is 27.8 Å². The molecule has 4 nitrogen and oxygen atoms in total. The van der Waals surface area contributed by atoms with E-state index >= 15 is 0 Å². The van der Waals surface area contributed by atoms with Crippen LogP contribution in [0.3, 0.4) is 0 Å². The lowest BCUT2D eigenvalue weighted by atomic mass is 10.3. The second-order valence-corrected chi connectivity index (χ2v) is 7.52. The van der Waals surface area contributed by atoms with Gasteiger partial charge in [-0.2, -0.15) is 0 Å². The van der Waals surface area contributed by atoms with Crippen molar-refractivity contribution in [2.24, 2.45) is 0 Å². The van der Waals surface area contributed by atoms with E-state index < -0.39 is 10.0 Å². The van der Waals surface area contributed by atoms with Crippen molar-refractivity contribution in [3.05, 3.63) is 38.2 Å². The van der Waals surface area contributed by atoms with Gasteiger partial charge >= 0.3 is 0 Å². The zero-order chi connectivity index (χ0) is 13.2. The third kappa shape index (κ3) is 2.99. The molecule has 0 aromatic carbocycles. The molecule has 0 aliphatic carbocycles. The number of aliphatic hydroxyl groups excluding tert-OH is 1. The van der Waals surface area contributed by atoms with Crippen molar-refractivity contribution < 1.29 is 13.5 Å². The van der Waals surface area contributed by atoms with E-state index in [1.54, 1.807) is 0 Å². The summed E-state index contributed by atoms with van der Waals surface area (Å²) < 4.78 is 26.5. The number of sulfonamides is 1. The SMILES string of the molecule is Cc1ccsc1CNS(=O)(=O)c1csc(CO)c1. The number of hydrogen-bond acceptors (Lipinski definition) is 5. The molecule has 18 heavy (non-hydrogen) atoms. The first-order chi connectivity index (χ1) is 8.53. The Hall–Kier alpha value is -0.730. The van der Waals surface area contributed by atoms with E-state index in [4.69, 9.17) is 5.11 Å². The molecule has 2 N–H and O–H groups in total. The van der Waals surface area contributed by atoms with Gasteiger partial charge in [0.2, 0.25) is 10.0 Å². The summed E-state index contributed by atoms with van der Waals surface area (Å²) in [5, 5.41) is 12.4. The van der Waals surface area contributed by atoms with Gasteiger partial charge in [0, 0.05) is 21.7 Å². The highest BCUT2D eigenvalue weighted by atomic mass is 32.2. The Balaban J connectivity index is 2.10. The van der Waals surface area contributed by atoms with Crippen LogP contribution in [-0.2, 0) is 23.2 Å². The topological polar surface area (TPSA) is 66.4 Å². The van der Waals surface area contributed by atoms with Gasteiger partial charge in [0.15, 0.2) is 0 Å². The maximum absolute atomic E-state index is 12.0. The summed E-state index contributed by atoms with van der Waals surface area (Å²) >= 11 is 2.77. The van der Waals surface area contributed by atoms with Gasteiger partial charge in [0.1, 0.15) is 0 Å². The minimum absolute atomic E-state index is 0.135. The standard InChI is InChI=1S/C11H13NO3S3/c1-8-2-3-16-11(8)5-12-18(14,15)10-4-9(6-13)17-7-10/h2-4,7,12-13H,5-6H2,1H3. The van der Waals surface area contributed by atoms with E-state index in [0.717, 1.165) is 10.4 Å². The summed E-state index contributed by atoms with van der Waals surface area (Å²) in [5.41, 5.74) is 1.09. The van der Waals surface area contributed by atoms with Crippen LogP contribution in [0.4, 0.5) is 0 Å². The maximum atomic E-state index is 12.0. The van der Waals surface area contributed by atoms with E-state index in [1.165, 1.54) is 34.1 Å². The molecule has 98 valence electrons. The number of aliphatic hydroxyl groups is 1. The van der Waals surface area contributed by atoms with Crippen LogP contribution in [0.25, 0.3) is 0 Å². The minimum Gasteiger partial charge on any atom is -0.391 e. The quantitative estimate of drug-likeness (QED) is 0.889. The third-order valence-corrected chi connectivity index (χ3v) is 5.96. The summed E-state index contributed by atoms with van der Waals surface area (Å²) in [4.78, 5) is 1.87. The second-order valence-electron chi connectivity index (χ2n) is 3.76. The fraction of sp³-hybridized carbons (Fsp3) is 0.273. The van der Waals surface area contributed by atoms with Crippen molar-refractivity contribution in [1.29, 1.82) is 0 Å². The van der Waals surface area contributed by atoms with E-state index in [-0.39, 0.29) is 11.5 Å². The molecule has 0 saturated heterocycles. The molecule has 7 heteroatoms. The predicted octanol–water partition coefficient (Wildman–Crippen LogP) is 2.09. The molecule has 0 fully saturated rings. The highest BCUT2D eigenvalue weighted by Gasteiger charge is 2.16. The van der Waals surface area contributed by atoms with Crippen molar-refractivity contribution in [3.63, 3.8) is 0 Å². The Labute approximate surface area is 114 Å². The molecule has 0 unspecified atom stereocenters. The van der Waals surface area contributed by atoms with E-state index in [0.29, 0.717) is 11.4 Å². The summed E-state index contributed by atoms with van der Waals surface area (Å²) in [7, 11) is -3.49. The fourth-order valence-electron chi connectivity index (χ4n) is 1.41. The van der Waals surface area contributed by atoms with E-state index in [9.17, 15) is 8.42 Å². The predicted molar refractivity (Wildman–Crippen MR) is 73.3 cm³/mol. The van der Waals surface area contributed by atoms with Crippen LogP contribution in [0, 0.1) is 6.92 Å². The highest BCUT2D eigenvalue weighted by molar-refractivity contribution is 7.89. The summed E-state index contributed by atoms with van der Waals surface area (Å²) in [6.45, 7) is 2.12. The molecule has 0 aliphatic rings. The van der Waals surface area contributed by atoms with Gasteiger partial charge in [0.25, 0.3) is 0 Å². The highest BCUT2D eigenvalue weighted by Crippen LogP contribution is 2.20. The molecular formula is C11H13NO3S3. The molecule has 0 atom stereocenters. The largest absolute Gasteiger partial charge is 0.391 e. The molecule has 2 aromatic rings. The van der Waals surface area contributed by atoms with Gasteiger partial charge in [-0.05, 0) is 30.0 Å². The monoisotopic (exact) mass is 303 g/mol. The first-order valence-electron chi connectivity index (χ1n) is 5.24. The van der Waals surface area contributed by atoms with Crippen LogP contribution in [0.2, 0.25) is 0 Å². The van der Waals surface area contributed by atoms with E-state index in [1.807, 2.05) is 18.4 Å². The number of rotatable bonds is 5. The number of thiophene rings is 2. The lowest BCUT2D eigenvalue weighted by Gasteiger charge is -2.04. The number of aryl methyl sites for hydroxylation is 1. The molecule has 2 heterocycles. The molecule has 2 aromatic heterocycles. The average molecular weight is 303 g/mol. The third-order valence-electron chi connectivity index (χ3n) is 2.49. The molecule has 0 bridgehead atoms. The van der Waals surface area contributed by atoms with E-state index in [2.05, 4.69) is 4.72 Å². The first kappa shape index (κ1) is 13.7. The Morgan fingerprint density at radius 2 is 2.17 bits per heavy atom. The van der Waals surface area contributed by atoms with Crippen LogP contribution in [-0.4, -0.2) is 13.5 Å². The lowest BCUT2D eigenvalue weighted by molar-refractivity contribution is 0.285. The Morgan fingerprint density at radius 3 is 2.72 bits per heavy atom. The van der Waals surface area contributed by atoms with Crippen molar-refractivity contribution in [3.8, 4) is 0 Å². The molecule has 2 rings (SSSR count). The molecule has 0 saturated carbocycles. The van der Waals surface area contributed by atoms with Crippen LogP contribution < -0.4 is 4.72 Å². The summed E-state index contributed by atoms with van der Waals surface area (Å²) in [6, 6.07) is 3.46.